The molecule has 2 heteroatoms. The fraction of sp³-hybridized carbons (Fsp3) is 0.235. The van der Waals surface area contributed by atoms with Crippen molar-refractivity contribution in [2.24, 2.45) is 5.92 Å². The summed E-state index contributed by atoms with van der Waals surface area (Å²) in [7, 11) is 1.64. The van der Waals surface area contributed by atoms with Gasteiger partial charge in [-0.1, -0.05) is 60.7 Å². The summed E-state index contributed by atoms with van der Waals surface area (Å²) in [4.78, 5) is 12.5. The minimum absolute atomic E-state index is 0.130. The SMILES string of the molecule is COCC(Cc1ccccc1)C(=O)c1ccccc1. The molecule has 0 radical (unpaired) electrons. The van der Waals surface area contributed by atoms with Gasteiger partial charge in [-0.2, -0.15) is 0 Å². The summed E-state index contributed by atoms with van der Waals surface area (Å²) >= 11 is 0. The Morgan fingerprint density at radius 3 is 2.16 bits per heavy atom. The normalized spacial score (nSPS) is 12.1. The van der Waals surface area contributed by atoms with Crippen LogP contribution in [0.25, 0.3) is 0 Å². The van der Waals surface area contributed by atoms with Gasteiger partial charge in [0.2, 0.25) is 0 Å². The Morgan fingerprint density at radius 2 is 1.58 bits per heavy atom. The summed E-state index contributed by atoms with van der Waals surface area (Å²) in [5.41, 5.74) is 1.91. The Hall–Kier alpha value is -1.93. The number of rotatable bonds is 6. The number of benzene rings is 2. The van der Waals surface area contributed by atoms with Crippen molar-refractivity contribution in [3.8, 4) is 0 Å². The van der Waals surface area contributed by atoms with E-state index in [0.29, 0.717) is 13.0 Å². The predicted molar refractivity (Wildman–Crippen MR) is 76.3 cm³/mol. The number of ketones is 1. The molecule has 2 nitrogen and oxygen atoms in total. The molecule has 0 spiro atoms. The Balaban J connectivity index is 2.14. The summed E-state index contributed by atoms with van der Waals surface area (Å²) in [5, 5.41) is 0. The van der Waals surface area contributed by atoms with Crippen LogP contribution in [0.4, 0.5) is 0 Å². The molecule has 0 aromatic heterocycles. The maximum Gasteiger partial charge on any atom is 0.168 e. The maximum atomic E-state index is 12.5. The average molecular weight is 254 g/mol. The second kappa shape index (κ2) is 6.86. The van der Waals surface area contributed by atoms with E-state index in [-0.39, 0.29) is 11.7 Å². The highest BCUT2D eigenvalue weighted by Gasteiger charge is 2.20. The molecule has 0 aliphatic heterocycles. The summed E-state index contributed by atoms with van der Waals surface area (Å²) in [6, 6.07) is 19.5. The van der Waals surface area contributed by atoms with E-state index in [1.54, 1.807) is 7.11 Å². The third-order valence-corrected chi connectivity index (χ3v) is 3.12. The number of methoxy groups -OCH3 is 1. The van der Waals surface area contributed by atoms with Gasteiger partial charge in [0, 0.05) is 18.6 Å². The molecule has 0 fully saturated rings. The molecule has 0 aliphatic rings. The first-order chi connectivity index (χ1) is 9.31. The molecule has 0 saturated heterocycles. The van der Waals surface area contributed by atoms with Gasteiger partial charge in [0.15, 0.2) is 5.78 Å². The van der Waals surface area contributed by atoms with E-state index in [0.717, 1.165) is 11.1 Å². The predicted octanol–water partition coefficient (Wildman–Crippen LogP) is 3.37. The number of carbonyl (C=O) groups is 1. The van der Waals surface area contributed by atoms with Crippen molar-refractivity contribution in [3.63, 3.8) is 0 Å². The van der Waals surface area contributed by atoms with Crippen molar-refractivity contribution >= 4 is 5.78 Å². The zero-order chi connectivity index (χ0) is 13.5. The fourth-order valence-electron chi connectivity index (χ4n) is 2.17. The first kappa shape index (κ1) is 13.5. The average Bonchev–Trinajstić information content (AvgIpc) is 2.48. The lowest BCUT2D eigenvalue weighted by atomic mass is 9.92. The fourth-order valence-corrected chi connectivity index (χ4v) is 2.17. The minimum atomic E-state index is -0.130. The first-order valence-electron chi connectivity index (χ1n) is 6.43. The van der Waals surface area contributed by atoms with E-state index in [1.807, 2.05) is 60.7 Å². The molecule has 0 bridgehead atoms. The van der Waals surface area contributed by atoms with E-state index in [9.17, 15) is 4.79 Å². The summed E-state index contributed by atoms with van der Waals surface area (Å²) < 4.78 is 5.20. The number of Topliss-reactive ketones (excluding diaryl/α,β-unsaturated/α-hetero) is 1. The van der Waals surface area contributed by atoms with Crippen LogP contribution in [0.5, 0.6) is 0 Å². The van der Waals surface area contributed by atoms with Crippen molar-refractivity contribution in [3.05, 3.63) is 71.8 Å². The Labute approximate surface area is 114 Å². The van der Waals surface area contributed by atoms with Gasteiger partial charge >= 0.3 is 0 Å². The number of hydrogen-bond acceptors (Lipinski definition) is 2. The number of hydrogen-bond donors (Lipinski definition) is 0. The summed E-state index contributed by atoms with van der Waals surface area (Å²) in [6.45, 7) is 0.447. The van der Waals surface area contributed by atoms with E-state index in [2.05, 4.69) is 0 Å². The highest BCUT2D eigenvalue weighted by molar-refractivity contribution is 5.98. The van der Waals surface area contributed by atoms with Crippen LogP contribution >= 0.6 is 0 Å². The molecule has 2 aromatic carbocycles. The third-order valence-electron chi connectivity index (χ3n) is 3.12. The van der Waals surface area contributed by atoms with Gasteiger partial charge in [0.25, 0.3) is 0 Å². The van der Waals surface area contributed by atoms with Crippen molar-refractivity contribution < 1.29 is 9.53 Å². The molecule has 0 saturated carbocycles. The lowest BCUT2D eigenvalue weighted by Gasteiger charge is -2.15. The lowest BCUT2D eigenvalue weighted by Crippen LogP contribution is -2.22. The van der Waals surface area contributed by atoms with Crippen molar-refractivity contribution in [2.75, 3.05) is 13.7 Å². The van der Waals surface area contributed by atoms with Crippen LogP contribution in [-0.2, 0) is 11.2 Å². The Bertz CT molecular complexity index is 505. The van der Waals surface area contributed by atoms with Crippen LogP contribution < -0.4 is 0 Å². The van der Waals surface area contributed by atoms with Crippen LogP contribution in [0.3, 0.4) is 0 Å². The molecule has 2 rings (SSSR count). The third kappa shape index (κ3) is 3.76. The standard InChI is InChI=1S/C17H18O2/c1-19-13-16(12-14-8-4-2-5-9-14)17(18)15-10-6-3-7-11-15/h2-11,16H,12-13H2,1H3. The summed E-state index contributed by atoms with van der Waals surface area (Å²) in [5.74, 6) is 0.0149. The molecular weight excluding hydrogens is 236 g/mol. The van der Waals surface area contributed by atoms with Crippen molar-refractivity contribution in [2.45, 2.75) is 6.42 Å². The maximum absolute atomic E-state index is 12.5. The van der Waals surface area contributed by atoms with Gasteiger partial charge in [-0.25, -0.2) is 0 Å². The monoisotopic (exact) mass is 254 g/mol. The Morgan fingerprint density at radius 1 is 1.00 bits per heavy atom. The van der Waals surface area contributed by atoms with Crippen molar-refractivity contribution in [1.29, 1.82) is 0 Å². The van der Waals surface area contributed by atoms with Crippen molar-refractivity contribution in [1.82, 2.24) is 0 Å². The molecule has 1 unspecified atom stereocenters. The molecular formula is C17H18O2. The number of ether oxygens (including phenoxy) is 1. The largest absolute Gasteiger partial charge is 0.384 e. The molecule has 19 heavy (non-hydrogen) atoms. The summed E-state index contributed by atoms with van der Waals surface area (Å²) in [6.07, 6.45) is 0.711. The van der Waals surface area contributed by atoms with E-state index in [4.69, 9.17) is 4.74 Å². The zero-order valence-corrected chi connectivity index (χ0v) is 11.1. The zero-order valence-electron chi connectivity index (χ0n) is 11.1. The van der Waals surface area contributed by atoms with Crippen LogP contribution in [0, 0.1) is 5.92 Å². The van der Waals surface area contributed by atoms with Gasteiger partial charge in [0.1, 0.15) is 0 Å². The van der Waals surface area contributed by atoms with Gasteiger partial charge in [-0.3, -0.25) is 4.79 Å². The van der Waals surface area contributed by atoms with Crippen LogP contribution in [0.15, 0.2) is 60.7 Å². The molecule has 2 aromatic rings. The van der Waals surface area contributed by atoms with E-state index < -0.39 is 0 Å². The van der Waals surface area contributed by atoms with E-state index >= 15 is 0 Å². The van der Waals surface area contributed by atoms with Gasteiger partial charge in [-0.05, 0) is 12.0 Å². The first-order valence-corrected chi connectivity index (χ1v) is 6.43. The second-order valence-electron chi connectivity index (χ2n) is 4.57. The van der Waals surface area contributed by atoms with Crippen LogP contribution in [-0.4, -0.2) is 19.5 Å². The number of carbonyl (C=O) groups excluding carboxylic acids is 1. The molecule has 0 heterocycles. The minimum Gasteiger partial charge on any atom is -0.384 e. The smallest absolute Gasteiger partial charge is 0.168 e. The quantitative estimate of drug-likeness (QED) is 0.739. The van der Waals surface area contributed by atoms with Gasteiger partial charge in [-0.15, -0.1) is 0 Å². The second-order valence-corrected chi connectivity index (χ2v) is 4.57. The molecule has 0 N–H and O–H groups in total. The molecule has 1 atom stereocenters. The lowest BCUT2D eigenvalue weighted by molar-refractivity contribution is 0.0807. The van der Waals surface area contributed by atoms with E-state index in [1.165, 1.54) is 0 Å². The van der Waals surface area contributed by atoms with Gasteiger partial charge < -0.3 is 4.74 Å². The van der Waals surface area contributed by atoms with Crippen LogP contribution in [0.2, 0.25) is 0 Å². The highest BCUT2D eigenvalue weighted by atomic mass is 16.5. The molecule has 98 valence electrons. The van der Waals surface area contributed by atoms with Crippen LogP contribution in [0.1, 0.15) is 15.9 Å². The Kier molecular flexibility index (Phi) is 4.87. The highest BCUT2D eigenvalue weighted by Crippen LogP contribution is 2.15. The van der Waals surface area contributed by atoms with Gasteiger partial charge in [0.05, 0.1) is 6.61 Å². The molecule has 0 amide bonds. The molecule has 0 aliphatic carbocycles. The topological polar surface area (TPSA) is 26.3 Å².